The molecule has 1 aromatic heterocycles. The molecule has 29 heavy (non-hydrogen) atoms. The SMILES string of the molecule is CCCOC(=O)c1c(NC(=O)/C=C/c2ccc(Cl)cc2Cl)sc2c1CCC(C)C2. The molecule has 1 aromatic carbocycles. The van der Waals surface area contributed by atoms with Crippen LogP contribution in [0.25, 0.3) is 6.08 Å². The summed E-state index contributed by atoms with van der Waals surface area (Å²) >= 11 is 13.5. The van der Waals surface area contributed by atoms with E-state index < -0.39 is 0 Å². The zero-order chi connectivity index (χ0) is 21.0. The monoisotopic (exact) mass is 451 g/mol. The fourth-order valence-electron chi connectivity index (χ4n) is 3.28. The Kier molecular flexibility index (Phi) is 7.38. The molecule has 1 amide bonds. The number of nitrogens with one attached hydrogen (secondary N) is 1. The van der Waals surface area contributed by atoms with Crippen molar-refractivity contribution in [2.75, 3.05) is 11.9 Å². The topological polar surface area (TPSA) is 55.4 Å². The molecule has 4 nitrogen and oxygen atoms in total. The van der Waals surface area contributed by atoms with Crippen molar-refractivity contribution in [3.63, 3.8) is 0 Å². The molecule has 1 aliphatic rings. The largest absolute Gasteiger partial charge is 0.462 e. The van der Waals surface area contributed by atoms with Gasteiger partial charge in [0.05, 0.1) is 12.2 Å². The molecule has 1 unspecified atom stereocenters. The molecular weight excluding hydrogens is 429 g/mol. The predicted molar refractivity (Wildman–Crippen MR) is 120 cm³/mol. The molecule has 1 heterocycles. The maximum atomic E-state index is 12.7. The Bertz CT molecular complexity index is 952. The molecule has 0 fully saturated rings. The number of ether oxygens (including phenoxy) is 1. The summed E-state index contributed by atoms with van der Waals surface area (Å²) in [6.07, 6.45) is 6.55. The highest BCUT2D eigenvalue weighted by Gasteiger charge is 2.29. The number of esters is 1. The van der Waals surface area contributed by atoms with Crippen LogP contribution < -0.4 is 5.32 Å². The molecule has 0 radical (unpaired) electrons. The van der Waals surface area contributed by atoms with Crippen LogP contribution in [-0.4, -0.2) is 18.5 Å². The molecule has 1 aliphatic carbocycles. The van der Waals surface area contributed by atoms with Gasteiger partial charge in [-0.15, -0.1) is 11.3 Å². The van der Waals surface area contributed by atoms with Crippen molar-refractivity contribution in [3.8, 4) is 0 Å². The molecule has 7 heteroatoms. The van der Waals surface area contributed by atoms with Crippen LogP contribution in [0.3, 0.4) is 0 Å². The van der Waals surface area contributed by atoms with E-state index in [2.05, 4.69) is 12.2 Å². The second-order valence-electron chi connectivity index (χ2n) is 7.18. The quantitative estimate of drug-likeness (QED) is 0.408. The molecule has 0 saturated heterocycles. The van der Waals surface area contributed by atoms with Crippen molar-refractivity contribution in [1.82, 2.24) is 0 Å². The van der Waals surface area contributed by atoms with E-state index in [0.717, 1.165) is 36.1 Å². The van der Waals surface area contributed by atoms with Gasteiger partial charge in [-0.3, -0.25) is 4.79 Å². The number of halogens is 2. The number of thiophene rings is 1. The van der Waals surface area contributed by atoms with Crippen molar-refractivity contribution >= 4 is 57.5 Å². The third kappa shape index (κ3) is 5.41. The van der Waals surface area contributed by atoms with Crippen LogP contribution in [-0.2, 0) is 22.4 Å². The van der Waals surface area contributed by atoms with Gasteiger partial charge in [0.15, 0.2) is 0 Å². The zero-order valence-electron chi connectivity index (χ0n) is 16.4. The lowest BCUT2D eigenvalue weighted by molar-refractivity contribution is -0.111. The summed E-state index contributed by atoms with van der Waals surface area (Å²) in [4.78, 5) is 26.3. The fourth-order valence-corrected chi connectivity index (χ4v) is 5.15. The van der Waals surface area contributed by atoms with Gasteiger partial charge in [0.1, 0.15) is 5.00 Å². The number of hydrogen-bond acceptors (Lipinski definition) is 4. The van der Waals surface area contributed by atoms with Gasteiger partial charge in [-0.05, 0) is 60.9 Å². The standard InChI is InChI=1S/C22H23Cl2NO3S/c1-3-10-28-22(27)20-16-8-4-13(2)11-18(16)29-21(20)25-19(26)9-6-14-5-7-15(23)12-17(14)24/h5-7,9,12-13H,3-4,8,10-11H2,1-2H3,(H,25,26)/b9-6+. The number of hydrogen-bond donors (Lipinski definition) is 1. The highest BCUT2D eigenvalue weighted by molar-refractivity contribution is 7.17. The minimum atomic E-state index is -0.362. The predicted octanol–water partition coefficient (Wildman–Crippen LogP) is 6.40. The molecule has 154 valence electrons. The Morgan fingerprint density at radius 2 is 2.14 bits per heavy atom. The molecule has 0 aliphatic heterocycles. The summed E-state index contributed by atoms with van der Waals surface area (Å²) in [6.45, 7) is 4.52. The summed E-state index contributed by atoms with van der Waals surface area (Å²) in [6, 6.07) is 5.07. The van der Waals surface area contributed by atoms with E-state index >= 15 is 0 Å². The van der Waals surface area contributed by atoms with Crippen LogP contribution in [0.15, 0.2) is 24.3 Å². The summed E-state index contributed by atoms with van der Waals surface area (Å²) in [7, 11) is 0. The van der Waals surface area contributed by atoms with Gasteiger partial charge in [0.2, 0.25) is 5.91 Å². The summed E-state index contributed by atoms with van der Waals surface area (Å²) in [5.74, 6) is -0.123. The second kappa shape index (κ2) is 9.79. The molecule has 1 atom stereocenters. The maximum absolute atomic E-state index is 12.7. The van der Waals surface area contributed by atoms with Crippen molar-refractivity contribution in [2.45, 2.75) is 39.5 Å². The third-order valence-corrected chi connectivity index (χ3v) is 6.50. The van der Waals surface area contributed by atoms with Crippen LogP contribution in [0, 0.1) is 5.92 Å². The van der Waals surface area contributed by atoms with Gasteiger partial charge in [-0.25, -0.2) is 4.79 Å². The summed E-state index contributed by atoms with van der Waals surface area (Å²) in [5, 5.41) is 4.42. The molecule has 1 N–H and O–H groups in total. The van der Waals surface area contributed by atoms with E-state index in [4.69, 9.17) is 27.9 Å². The van der Waals surface area contributed by atoms with Crippen LogP contribution in [0.1, 0.15) is 53.1 Å². The Morgan fingerprint density at radius 3 is 2.86 bits per heavy atom. The van der Waals surface area contributed by atoms with Gasteiger partial charge < -0.3 is 10.1 Å². The van der Waals surface area contributed by atoms with Crippen molar-refractivity contribution < 1.29 is 14.3 Å². The number of rotatable bonds is 6. The molecule has 0 saturated carbocycles. The van der Waals surface area contributed by atoms with Crippen LogP contribution in [0.5, 0.6) is 0 Å². The number of anilines is 1. The van der Waals surface area contributed by atoms with Crippen molar-refractivity contribution in [3.05, 3.63) is 55.9 Å². The lowest BCUT2D eigenvalue weighted by Gasteiger charge is -2.18. The van der Waals surface area contributed by atoms with Crippen molar-refractivity contribution in [1.29, 1.82) is 0 Å². The molecule has 3 rings (SSSR count). The molecule has 2 aromatic rings. The number of benzene rings is 1. The first-order chi connectivity index (χ1) is 13.9. The smallest absolute Gasteiger partial charge is 0.341 e. The first-order valence-electron chi connectivity index (χ1n) is 9.64. The average molecular weight is 452 g/mol. The lowest BCUT2D eigenvalue weighted by Crippen LogP contribution is -2.16. The Morgan fingerprint density at radius 1 is 1.34 bits per heavy atom. The first-order valence-corrected chi connectivity index (χ1v) is 11.2. The van der Waals surface area contributed by atoms with Gasteiger partial charge in [-0.1, -0.05) is 43.1 Å². The number of fused-ring (bicyclic) bond motifs is 1. The highest BCUT2D eigenvalue weighted by atomic mass is 35.5. The normalized spacial score (nSPS) is 15.9. The van der Waals surface area contributed by atoms with Gasteiger partial charge in [0, 0.05) is 21.0 Å². The second-order valence-corrected chi connectivity index (χ2v) is 9.13. The third-order valence-electron chi connectivity index (χ3n) is 4.77. The number of carbonyl (C=O) groups is 2. The van der Waals surface area contributed by atoms with Gasteiger partial charge in [0.25, 0.3) is 0 Å². The van der Waals surface area contributed by atoms with E-state index in [-0.39, 0.29) is 11.9 Å². The number of carbonyl (C=O) groups excluding carboxylic acids is 2. The fraction of sp³-hybridized carbons (Fsp3) is 0.364. The Labute approximate surface area is 184 Å². The van der Waals surface area contributed by atoms with E-state index in [1.54, 1.807) is 24.3 Å². The summed E-state index contributed by atoms with van der Waals surface area (Å²) in [5.41, 5.74) is 2.22. The van der Waals surface area contributed by atoms with Gasteiger partial charge >= 0.3 is 5.97 Å². The zero-order valence-corrected chi connectivity index (χ0v) is 18.7. The van der Waals surface area contributed by atoms with E-state index in [1.165, 1.54) is 17.4 Å². The van der Waals surface area contributed by atoms with E-state index in [1.807, 2.05) is 6.92 Å². The molecular formula is C22H23Cl2NO3S. The Hall–Kier alpha value is -1.82. The highest BCUT2D eigenvalue weighted by Crippen LogP contribution is 2.40. The van der Waals surface area contributed by atoms with E-state index in [9.17, 15) is 9.59 Å². The van der Waals surface area contributed by atoms with E-state index in [0.29, 0.717) is 38.7 Å². The molecule has 0 bridgehead atoms. The first kappa shape index (κ1) is 21.9. The lowest BCUT2D eigenvalue weighted by atomic mass is 9.88. The van der Waals surface area contributed by atoms with Crippen LogP contribution in [0.2, 0.25) is 10.0 Å². The summed E-state index contributed by atoms with van der Waals surface area (Å²) < 4.78 is 5.38. The van der Waals surface area contributed by atoms with Crippen LogP contribution in [0.4, 0.5) is 5.00 Å². The molecule has 0 spiro atoms. The van der Waals surface area contributed by atoms with Crippen molar-refractivity contribution in [2.24, 2.45) is 5.92 Å². The minimum Gasteiger partial charge on any atom is -0.462 e. The number of amides is 1. The minimum absolute atomic E-state index is 0.327. The Balaban J connectivity index is 1.82. The average Bonchev–Trinajstić information content (AvgIpc) is 3.02. The van der Waals surface area contributed by atoms with Crippen LogP contribution >= 0.6 is 34.5 Å². The maximum Gasteiger partial charge on any atom is 0.341 e. The van der Waals surface area contributed by atoms with Gasteiger partial charge in [-0.2, -0.15) is 0 Å².